The molecular formula is C8H13N3O7P-. The molecule has 1 fully saturated rings. The largest absolute Gasteiger partial charge is 0.756 e. The Kier molecular flexibility index (Phi) is 5.30. The van der Waals surface area contributed by atoms with Crippen molar-refractivity contribution < 1.29 is 33.1 Å². The van der Waals surface area contributed by atoms with Crippen LogP contribution in [0.15, 0.2) is 5.11 Å². The number of carbonyl (C=O) groups is 1. The minimum absolute atomic E-state index is 0.168. The highest BCUT2D eigenvalue weighted by Gasteiger charge is 2.39. The zero-order valence-electron chi connectivity index (χ0n) is 10.2. The Hall–Kier alpha value is -1.15. The van der Waals surface area contributed by atoms with E-state index >= 15 is 0 Å². The van der Waals surface area contributed by atoms with Gasteiger partial charge in [-0.2, -0.15) is 0 Å². The molecule has 0 aromatic carbocycles. The van der Waals surface area contributed by atoms with Crippen molar-refractivity contribution in [2.45, 2.75) is 44.8 Å². The second-order valence-electron chi connectivity index (χ2n) is 3.93. The third-order valence-corrected chi connectivity index (χ3v) is 2.90. The summed E-state index contributed by atoms with van der Waals surface area (Å²) in [6.45, 7) is 2.68. The van der Waals surface area contributed by atoms with Gasteiger partial charge >= 0.3 is 5.97 Å². The number of phosphoric acid groups is 1. The molecule has 11 heteroatoms. The van der Waals surface area contributed by atoms with Crippen LogP contribution in [-0.4, -0.2) is 35.4 Å². The second kappa shape index (κ2) is 6.33. The second-order valence-corrected chi connectivity index (χ2v) is 5.07. The van der Waals surface area contributed by atoms with Crippen LogP contribution in [0.2, 0.25) is 0 Å². The molecule has 19 heavy (non-hydrogen) atoms. The maximum Gasteiger partial charge on any atom is 0.303 e. The predicted octanol–water partition coefficient (Wildman–Crippen LogP) is 0.209. The molecule has 0 bridgehead atoms. The Balaban J connectivity index is 2.82. The van der Waals surface area contributed by atoms with Crippen molar-refractivity contribution in [1.82, 2.24) is 0 Å². The number of phosphoric ester groups is 1. The van der Waals surface area contributed by atoms with E-state index in [1.54, 1.807) is 0 Å². The molecule has 1 aliphatic heterocycles. The molecule has 0 aromatic heterocycles. The number of nitrogens with zero attached hydrogens (tertiary/aromatic N) is 3. The molecule has 1 rings (SSSR count). The highest BCUT2D eigenvalue weighted by atomic mass is 31.2. The summed E-state index contributed by atoms with van der Waals surface area (Å²) in [5, 5.41) is 3.42. The zero-order chi connectivity index (χ0) is 14.6. The van der Waals surface area contributed by atoms with Crippen molar-refractivity contribution in [3.8, 4) is 0 Å². The third-order valence-electron chi connectivity index (χ3n) is 2.40. The first kappa shape index (κ1) is 15.9. The SMILES string of the molecule is CC(=O)O[C@H]1[C@@H](N=[N+]=[N-])C[C@H](OP(=O)([O-])O)O[C@H]1C. The normalized spacial score (nSPS) is 33.9. The van der Waals surface area contributed by atoms with E-state index < -0.39 is 38.3 Å². The Labute approximate surface area is 108 Å². The maximum atomic E-state index is 10.9. The lowest BCUT2D eigenvalue weighted by atomic mass is 10.0. The van der Waals surface area contributed by atoms with Crippen LogP contribution in [0.3, 0.4) is 0 Å². The molecule has 1 heterocycles. The summed E-state index contributed by atoms with van der Waals surface area (Å²) in [7, 11) is -4.97. The average molecular weight is 294 g/mol. The van der Waals surface area contributed by atoms with Crippen LogP contribution >= 0.6 is 7.82 Å². The van der Waals surface area contributed by atoms with Gasteiger partial charge in [0.2, 0.25) is 0 Å². The topological polar surface area (TPSA) is 154 Å². The van der Waals surface area contributed by atoms with Gasteiger partial charge in [0.05, 0.1) is 12.1 Å². The minimum Gasteiger partial charge on any atom is -0.756 e. The molecular weight excluding hydrogens is 281 g/mol. The molecule has 1 saturated heterocycles. The first-order chi connectivity index (χ1) is 8.73. The van der Waals surface area contributed by atoms with Crippen LogP contribution in [0.5, 0.6) is 0 Å². The number of carbonyl (C=O) groups excluding carboxylic acids is 1. The quantitative estimate of drug-likeness (QED) is 0.255. The lowest BCUT2D eigenvalue weighted by Gasteiger charge is -2.38. The molecule has 10 nitrogen and oxygen atoms in total. The van der Waals surface area contributed by atoms with E-state index in [1.165, 1.54) is 13.8 Å². The van der Waals surface area contributed by atoms with Crippen LogP contribution in [0, 0.1) is 0 Å². The molecule has 1 aliphatic rings. The van der Waals surface area contributed by atoms with Gasteiger partial charge in [0.15, 0.2) is 6.29 Å². The van der Waals surface area contributed by atoms with Gasteiger partial charge in [0.25, 0.3) is 7.82 Å². The number of rotatable bonds is 4. The smallest absolute Gasteiger partial charge is 0.303 e. The molecule has 1 unspecified atom stereocenters. The highest BCUT2D eigenvalue weighted by Crippen LogP contribution is 2.37. The van der Waals surface area contributed by atoms with E-state index in [1.807, 2.05) is 0 Å². The van der Waals surface area contributed by atoms with Crippen LogP contribution in [0.4, 0.5) is 0 Å². The predicted molar refractivity (Wildman–Crippen MR) is 58.4 cm³/mol. The Morgan fingerprint density at radius 2 is 2.32 bits per heavy atom. The van der Waals surface area contributed by atoms with Gasteiger partial charge in [-0.3, -0.25) is 13.9 Å². The van der Waals surface area contributed by atoms with E-state index in [9.17, 15) is 14.3 Å². The van der Waals surface area contributed by atoms with Crippen molar-refractivity contribution in [2.24, 2.45) is 5.11 Å². The van der Waals surface area contributed by atoms with E-state index in [-0.39, 0.29) is 6.42 Å². The molecule has 0 amide bonds. The van der Waals surface area contributed by atoms with Crippen molar-refractivity contribution in [1.29, 1.82) is 0 Å². The fraction of sp³-hybridized carbons (Fsp3) is 0.875. The van der Waals surface area contributed by atoms with E-state index in [0.717, 1.165) is 0 Å². The van der Waals surface area contributed by atoms with Gasteiger partial charge in [-0.15, -0.1) is 0 Å². The number of esters is 1. The van der Waals surface area contributed by atoms with Crippen LogP contribution < -0.4 is 4.89 Å². The summed E-state index contributed by atoms with van der Waals surface area (Å²) in [6, 6.07) is -0.853. The Morgan fingerprint density at radius 1 is 1.68 bits per heavy atom. The Bertz CT molecular complexity index is 432. The molecule has 1 N–H and O–H groups in total. The summed E-state index contributed by atoms with van der Waals surface area (Å²) in [4.78, 5) is 32.7. The van der Waals surface area contributed by atoms with Gasteiger partial charge in [-0.1, -0.05) is 5.11 Å². The number of ether oxygens (including phenoxy) is 2. The summed E-state index contributed by atoms with van der Waals surface area (Å²) in [5.41, 5.74) is 8.45. The van der Waals surface area contributed by atoms with Crippen LogP contribution in [-0.2, 0) is 23.4 Å². The summed E-state index contributed by atoms with van der Waals surface area (Å²) in [6.07, 6.45) is -3.08. The van der Waals surface area contributed by atoms with Crippen molar-refractivity contribution >= 4 is 13.8 Å². The molecule has 0 saturated carbocycles. The van der Waals surface area contributed by atoms with Gasteiger partial charge in [-0.05, 0) is 12.5 Å². The van der Waals surface area contributed by atoms with Crippen molar-refractivity contribution in [3.63, 3.8) is 0 Å². The summed E-state index contributed by atoms with van der Waals surface area (Å²) < 4.78 is 25.0. The fourth-order valence-electron chi connectivity index (χ4n) is 1.78. The number of azide groups is 1. The maximum absolute atomic E-state index is 10.9. The van der Waals surface area contributed by atoms with Gasteiger partial charge < -0.3 is 19.3 Å². The third kappa shape index (κ3) is 5.15. The lowest BCUT2D eigenvalue weighted by molar-refractivity contribution is -0.258. The summed E-state index contributed by atoms with van der Waals surface area (Å²) >= 11 is 0. The minimum atomic E-state index is -4.97. The lowest BCUT2D eigenvalue weighted by Crippen LogP contribution is -2.48. The molecule has 0 aliphatic carbocycles. The number of hydrogen-bond acceptors (Lipinski definition) is 7. The van der Waals surface area contributed by atoms with Crippen LogP contribution in [0.25, 0.3) is 10.4 Å². The van der Waals surface area contributed by atoms with E-state index in [4.69, 9.17) is 19.9 Å². The van der Waals surface area contributed by atoms with Gasteiger partial charge in [0.1, 0.15) is 6.10 Å². The van der Waals surface area contributed by atoms with Gasteiger partial charge in [-0.25, -0.2) is 0 Å². The Morgan fingerprint density at radius 3 is 2.79 bits per heavy atom. The zero-order valence-corrected chi connectivity index (χ0v) is 11.1. The van der Waals surface area contributed by atoms with Crippen LogP contribution in [0.1, 0.15) is 20.3 Å². The number of hydrogen-bond donors (Lipinski definition) is 1. The molecule has 0 radical (unpaired) electrons. The molecule has 108 valence electrons. The van der Waals surface area contributed by atoms with Crippen molar-refractivity contribution in [3.05, 3.63) is 10.4 Å². The van der Waals surface area contributed by atoms with E-state index in [2.05, 4.69) is 14.5 Å². The van der Waals surface area contributed by atoms with Crippen molar-refractivity contribution in [2.75, 3.05) is 0 Å². The standard InChI is InChI=1S/C8H14N3O7P/c1-4-8(17-5(2)12)6(10-11-9)3-7(16-4)18-19(13,14)15/h4,6-8H,3H2,1-2H3,(H2,13,14,15)/p-1/t4-,6-,7-,8+/m0/s1. The highest BCUT2D eigenvalue weighted by molar-refractivity contribution is 7.44. The first-order valence-corrected chi connectivity index (χ1v) is 6.81. The molecule has 5 atom stereocenters. The monoisotopic (exact) mass is 294 g/mol. The summed E-state index contributed by atoms with van der Waals surface area (Å²) in [5.74, 6) is -0.588. The van der Waals surface area contributed by atoms with Gasteiger partial charge in [0, 0.05) is 18.3 Å². The van der Waals surface area contributed by atoms with E-state index in [0.29, 0.717) is 0 Å². The molecule has 0 spiro atoms. The fourth-order valence-corrected chi connectivity index (χ4v) is 2.21. The average Bonchev–Trinajstić information content (AvgIpc) is 2.20. The first-order valence-electron chi connectivity index (χ1n) is 5.32. The molecule has 0 aromatic rings.